The topological polar surface area (TPSA) is 142 Å². The lowest BCUT2D eigenvalue weighted by molar-refractivity contribution is -0.150. The number of aliphatic carboxylic acids is 1. The molecule has 352 valence electrons. The molecule has 9 heteroatoms. The number of hydrogen-bond acceptors (Lipinski definition) is 6. The van der Waals surface area contributed by atoms with Gasteiger partial charge in [-0.25, -0.2) is 4.79 Å². The Bertz CT molecular complexity index is 1160. The van der Waals surface area contributed by atoms with Gasteiger partial charge in [0.2, 0.25) is 11.8 Å². The summed E-state index contributed by atoms with van der Waals surface area (Å²) in [5.41, 5.74) is 0. The average molecular weight is 857 g/mol. The molecule has 0 aromatic carbocycles. The zero-order valence-corrected chi connectivity index (χ0v) is 39.2. The van der Waals surface area contributed by atoms with Gasteiger partial charge in [-0.15, -0.1) is 0 Å². The number of hydrogen-bond donors (Lipinski definition) is 4. The number of rotatable bonds is 45. The first-order valence-corrected chi connectivity index (χ1v) is 25.0. The Morgan fingerprint density at radius 2 is 0.885 bits per heavy atom. The van der Waals surface area contributed by atoms with Crippen molar-refractivity contribution in [1.82, 2.24) is 10.6 Å². The number of carboxylic acid groups (broad SMARTS) is 1. The third-order valence-corrected chi connectivity index (χ3v) is 11.0. The number of carboxylic acids is 1. The highest BCUT2D eigenvalue weighted by molar-refractivity contribution is 5.87. The quantitative estimate of drug-likeness (QED) is 0.0271. The molecule has 2 atom stereocenters. The lowest BCUT2D eigenvalue weighted by Crippen LogP contribution is -2.47. The van der Waals surface area contributed by atoms with Crippen LogP contribution in [-0.4, -0.2) is 59.3 Å². The van der Waals surface area contributed by atoms with Gasteiger partial charge in [-0.1, -0.05) is 165 Å². The summed E-state index contributed by atoms with van der Waals surface area (Å²) < 4.78 is 6.05. The third-order valence-electron chi connectivity index (χ3n) is 11.0. The number of unbranched alkanes of at least 4 members (excludes halogenated alkanes) is 23. The summed E-state index contributed by atoms with van der Waals surface area (Å²) in [5.74, 6) is -2.31. The maximum atomic E-state index is 12.9. The first-order chi connectivity index (χ1) is 29.8. The van der Waals surface area contributed by atoms with E-state index in [1.807, 2.05) is 0 Å². The van der Waals surface area contributed by atoms with Crippen LogP contribution in [0.25, 0.3) is 0 Å². The molecule has 0 aromatic rings. The van der Waals surface area contributed by atoms with Crippen LogP contribution in [0.2, 0.25) is 0 Å². The molecule has 0 saturated carbocycles. The molecular weight excluding hydrogens is 765 g/mol. The Morgan fingerprint density at radius 3 is 1.34 bits per heavy atom. The van der Waals surface area contributed by atoms with E-state index in [9.17, 15) is 19.2 Å². The molecule has 0 rings (SSSR count). The normalized spacial score (nSPS) is 12.8. The molecule has 0 spiro atoms. The zero-order valence-electron chi connectivity index (χ0n) is 39.2. The van der Waals surface area contributed by atoms with Crippen molar-refractivity contribution in [3.05, 3.63) is 48.6 Å². The number of esters is 1. The van der Waals surface area contributed by atoms with Crippen LogP contribution >= 0.6 is 0 Å². The first-order valence-electron chi connectivity index (χ1n) is 25.0. The Kier molecular flexibility index (Phi) is 43.9. The second kappa shape index (κ2) is 46.3. The molecule has 0 aliphatic heterocycles. The van der Waals surface area contributed by atoms with E-state index in [1.165, 1.54) is 109 Å². The number of carbonyl (C=O) groups is 4. The van der Waals surface area contributed by atoms with Crippen molar-refractivity contribution in [2.75, 3.05) is 13.2 Å². The van der Waals surface area contributed by atoms with Gasteiger partial charge in [0.05, 0.1) is 13.2 Å². The summed E-state index contributed by atoms with van der Waals surface area (Å²) in [7, 11) is 0. The van der Waals surface area contributed by atoms with E-state index in [-0.39, 0.29) is 30.9 Å². The van der Waals surface area contributed by atoms with Gasteiger partial charge in [0.25, 0.3) is 0 Å². The number of carbonyl (C=O) groups excluding carboxylic acids is 3. The van der Waals surface area contributed by atoms with Crippen LogP contribution in [0, 0.1) is 0 Å². The van der Waals surface area contributed by atoms with E-state index in [1.54, 1.807) is 0 Å². The van der Waals surface area contributed by atoms with Crippen LogP contribution < -0.4 is 10.6 Å². The molecule has 4 N–H and O–H groups in total. The maximum absolute atomic E-state index is 12.9. The summed E-state index contributed by atoms with van der Waals surface area (Å²) >= 11 is 0. The molecule has 61 heavy (non-hydrogen) atoms. The van der Waals surface area contributed by atoms with Gasteiger partial charge < -0.3 is 25.6 Å². The second-order valence-electron chi connectivity index (χ2n) is 16.9. The fraction of sp³-hybridized carbons (Fsp3) is 0.769. The molecule has 0 aliphatic carbocycles. The number of aliphatic hydroxyl groups is 1. The fourth-order valence-corrected chi connectivity index (χ4v) is 7.19. The van der Waals surface area contributed by atoms with Crippen LogP contribution in [0.5, 0.6) is 0 Å². The minimum absolute atomic E-state index is 0.0424. The highest BCUT2D eigenvalue weighted by atomic mass is 16.5. The summed E-state index contributed by atoms with van der Waals surface area (Å²) in [6.07, 6.45) is 55.6. The smallest absolute Gasteiger partial charge is 0.328 e. The fourth-order valence-electron chi connectivity index (χ4n) is 7.19. The van der Waals surface area contributed by atoms with Crippen molar-refractivity contribution in [3.8, 4) is 0 Å². The van der Waals surface area contributed by atoms with E-state index in [0.29, 0.717) is 12.8 Å². The van der Waals surface area contributed by atoms with Crippen molar-refractivity contribution in [1.29, 1.82) is 0 Å². The third kappa shape index (κ3) is 43.3. The SMILES string of the molecule is CCCCCC/C=C\C/C=C\CCCCCCCCCC(=O)OC(CCCCC/C=C\C/C=C\CCCCCCC)CCCCCCCC(=O)NCC(=O)NC(CO)C(=O)O. The van der Waals surface area contributed by atoms with Gasteiger partial charge in [-0.05, 0) is 103 Å². The molecule has 0 heterocycles. The summed E-state index contributed by atoms with van der Waals surface area (Å²) in [4.78, 5) is 47.8. The Balaban J connectivity index is 4.38. The summed E-state index contributed by atoms with van der Waals surface area (Å²) in [5, 5.41) is 22.6. The number of allylic oxidation sites excluding steroid dienone is 8. The number of nitrogens with one attached hydrogen (secondary N) is 2. The molecule has 0 radical (unpaired) electrons. The molecule has 0 fully saturated rings. The van der Waals surface area contributed by atoms with Gasteiger partial charge in [-0.2, -0.15) is 0 Å². The van der Waals surface area contributed by atoms with Crippen molar-refractivity contribution >= 4 is 23.8 Å². The monoisotopic (exact) mass is 857 g/mol. The van der Waals surface area contributed by atoms with Crippen LogP contribution in [0.1, 0.15) is 232 Å². The molecule has 0 aromatic heterocycles. The van der Waals surface area contributed by atoms with E-state index >= 15 is 0 Å². The van der Waals surface area contributed by atoms with Crippen LogP contribution in [0.4, 0.5) is 0 Å². The molecule has 2 unspecified atom stereocenters. The van der Waals surface area contributed by atoms with Gasteiger partial charge in [-0.3, -0.25) is 14.4 Å². The van der Waals surface area contributed by atoms with Crippen LogP contribution in [-0.2, 0) is 23.9 Å². The largest absolute Gasteiger partial charge is 0.480 e. The van der Waals surface area contributed by atoms with E-state index < -0.39 is 24.5 Å². The Morgan fingerprint density at radius 1 is 0.492 bits per heavy atom. The molecule has 0 saturated heterocycles. The predicted molar refractivity (Wildman–Crippen MR) is 254 cm³/mol. The first kappa shape index (κ1) is 57.8. The molecule has 2 amide bonds. The van der Waals surface area contributed by atoms with Crippen LogP contribution in [0.15, 0.2) is 48.6 Å². The van der Waals surface area contributed by atoms with Gasteiger partial charge in [0, 0.05) is 12.8 Å². The molecule has 0 aliphatic rings. The standard InChI is InChI=1S/C52H92N2O7/c1-3-5-7-9-11-13-15-17-19-20-21-23-25-27-29-31-36-40-44-51(58)61-47(41-37-33-30-28-26-24-22-18-16-14-12-10-8-6-4-2)42-38-34-32-35-39-43-49(56)53-45-50(57)54-48(46-55)52(59)60/h13,15-16,18-20,24,26,47-48,55H,3-12,14,17,21-23,25,27-46H2,1-2H3,(H,53,56)(H,54,57)(H,59,60)/b15-13-,18-16-,20-19-,26-24-. The van der Waals surface area contributed by atoms with E-state index in [4.69, 9.17) is 14.9 Å². The zero-order chi connectivity index (χ0) is 44.7. The van der Waals surface area contributed by atoms with Crippen molar-refractivity contribution < 1.29 is 34.1 Å². The number of amides is 2. The highest BCUT2D eigenvalue weighted by Crippen LogP contribution is 2.18. The van der Waals surface area contributed by atoms with Crippen molar-refractivity contribution in [2.45, 2.75) is 244 Å². The highest BCUT2D eigenvalue weighted by Gasteiger charge is 2.19. The maximum Gasteiger partial charge on any atom is 0.328 e. The minimum Gasteiger partial charge on any atom is -0.480 e. The summed E-state index contributed by atoms with van der Waals surface area (Å²) in [6.45, 7) is 3.46. The second-order valence-corrected chi connectivity index (χ2v) is 16.9. The van der Waals surface area contributed by atoms with E-state index in [0.717, 1.165) is 89.9 Å². The molecule has 9 nitrogen and oxygen atoms in total. The van der Waals surface area contributed by atoms with Crippen molar-refractivity contribution in [3.63, 3.8) is 0 Å². The Labute approximate surface area is 373 Å². The lowest BCUT2D eigenvalue weighted by Gasteiger charge is -2.18. The minimum atomic E-state index is -1.39. The van der Waals surface area contributed by atoms with Gasteiger partial charge >= 0.3 is 11.9 Å². The average Bonchev–Trinajstić information content (AvgIpc) is 3.25. The van der Waals surface area contributed by atoms with Crippen molar-refractivity contribution in [2.24, 2.45) is 0 Å². The lowest BCUT2D eigenvalue weighted by atomic mass is 10.0. The summed E-state index contributed by atoms with van der Waals surface area (Å²) in [6, 6.07) is -1.39. The molecule has 0 bridgehead atoms. The van der Waals surface area contributed by atoms with E-state index in [2.05, 4.69) is 73.1 Å². The Hall–Kier alpha value is -3.20. The van der Waals surface area contributed by atoms with Gasteiger partial charge in [0.15, 0.2) is 0 Å². The predicted octanol–water partition coefficient (Wildman–Crippen LogP) is 13.1. The molecular formula is C52H92N2O7. The number of ether oxygens (including phenoxy) is 1. The van der Waals surface area contributed by atoms with Gasteiger partial charge in [0.1, 0.15) is 12.1 Å². The number of aliphatic hydroxyl groups excluding tert-OH is 1. The van der Waals surface area contributed by atoms with Crippen LogP contribution in [0.3, 0.4) is 0 Å².